The summed E-state index contributed by atoms with van der Waals surface area (Å²) in [6.45, 7) is 4.28. The van der Waals surface area contributed by atoms with E-state index >= 15 is 0 Å². The summed E-state index contributed by atoms with van der Waals surface area (Å²) in [5.74, 6) is 0.867. The van der Waals surface area contributed by atoms with Gasteiger partial charge in [-0.25, -0.2) is 14.6 Å². The highest BCUT2D eigenvalue weighted by molar-refractivity contribution is 7.86. The van der Waals surface area contributed by atoms with Crippen molar-refractivity contribution in [2.24, 2.45) is 10.6 Å². The van der Waals surface area contributed by atoms with Gasteiger partial charge in [0.15, 0.2) is 5.82 Å². The molecule has 3 heterocycles. The van der Waals surface area contributed by atoms with Gasteiger partial charge in [0, 0.05) is 38.2 Å². The average Bonchev–Trinajstić information content (AvgIpc) is 2.81. The van der Waals surface area contributed by atoms with Crippen molar-refractivity contribution in [3.05, 3.63) is 23.1 Å². The molecule has 1 saturated carbocycles. The van der Waals surface area contributed by atoms with Crippen LogP contribution in [-0.2, 0) is 14.9 Å². The summed E-state index contributed by atoms with van der Waals surface area (Å²) in [6.07, 6.45) is 3.10. The molecule has 148 valence electrons. The molecule has 0 unspecified atom stereocenters. The molecule has 1 saturated heterocycles. The van der Waals surface area contributed by atoms with Crippen LogP contribution in [0.5, 0.6) is 0 Å². The Morgan fingerprint density at radius 1 is 1.44 bits per heavy atom. The third-order valence-corrected chi connectivity index (χ3v) is 7.03. The second-order valence-electron chi connectivity index (χ2n) is 7.56. The third kappa shape index (κ3) is 3.19. The lowest BCUT2D eigenvalue weighted by Crippen LogP contribution is -2.68. The van der Waals surface area contributed by atoms with E-state index in [1.54, 1.807) is 11.6 Å². The Hall–Kier alpha value is -1.46. The predicted octanol–water partition coefficient (Wildman–Crippen LogP) is 0.812. The number of fused-ring (bicyclic) bond motifs is 1. The smallest absolute Gasteiger partial charge is 0.277 e. The maximum absolute atomic E-state index is 11.9. The molecule has 2 aliphatic rings. The molecule has 1 spiro atoms. The molecule has 2 N–H and O–H groups in total. The largest absolute Gasteiger partial charge is 0.383 e. The van der Waals surface area contributed by atoms with E-state index < -0.39 is 10.2 Å². The van der Waals surface area contributed by atoms with Gasteiger partial charge >= 0.3 is 0 Å². The summed E-state index contributed by atoms with van der Waals surface area (Å²) in [5, 5.41) is 10.2. The van der Waals surface area contributed by atoms with E-state index in [2.05, 4.69) is 15.0 Å². The molecule has 11 heteroatoms. The lowest BCUT2D eigenvalue weighted by molar-refractivity contribution is 0.00720. The summed E-state index contributed by atoms with van der Waals surface area (Å²) < 4.78 is 31.8. The molecular weight excluding hydrogens is 392 g/mol. The van der Waals surface area contributed by atoms with E-state index in [4.69, 9.17) is 21.5 Å². The number of rotatable bonds is 6. The Kier molecular flexibility index (Phi) is 4.59. The van der Waals surface area contributed by atoms with Crippen molar-refractivity contribution < 1.29 is 13.2 Å². The van der Waals surface area contributed by atoms with E-state index in [1.165, 1.54) is 10.6 Å². The zero-order chi connectivity index (χ0) is 19.4. The number of aromatic nitrogens is 3. The molecule has 2 aromatic heterocycles. The number of nitrogens with two attached hydrogens (primary N) is 1. The van der Waals surface area contributed by atoms with Crippen LogP contribution in [0.25, 0.3) is 5.52 Å². The van der Waals surface area contributed by atoms with Crippen LogP contribution in [0.1, 0.15) is 18.4 Å². The number of aryl methyl sites for hydroxylation is 1. The van der Waals surface area contributed by atoms with Gasteiger partial charge in [-0.1, -0.05) is 11.6 Å². The molecule has 0 bridgehead atoms. The van der Waals surface area contributed by atoms with Gasteiger partial charge in [-0.2, -0.15) is 17.8 Å². The molecule has 0 atom stereocenters. The second kappa shape index (κ2) is 6.56. The number of methoxy groups -OCH3 is 1. The predicted molar refractivity (Wildman–Crippen MR) is 102 cm³/mol. The van der Waals surface area contributed by atoms with Gasteiger partial charge < -0.3 is 9.64 Å². The van der Waals surface area contributed by atoms with Crippen molar-refractivity contribution in [2.75, 3.05) is 38.3 Å². The first kappa shape index (κ1) is 18.9. The SMILES string of the molecule is COCCN(C1CC2(C1)CN(c1ncnn3c(Cl)cc(C)c13)C2)S(N)(=O)=O. The van der Waals surface area contributed by atoms with Crippen LogP contribution in [0, 0.1) is 12.3 Å². The zero-order valence-electron chi connectivity index (χ0n) is 15.3. The van der Waals surface area contributed by atoms with E-state index in [-0.39, 0.29) is 18.0 Å². The highest BCUT2D eigenvalue weighted by atomic mass is 35.5. The van der Waals surface area contributed by atoms with Crippen LogP contribution >= 0.6 is 11.6 Å². The van der Waals surface area contributed by atoms with Crippen molar-refractivity contribution >= 4 is 33.1 Å². The number of anilines is 1. The van der Waals surface area contributed by atoms with Gasteiger partial charge in [0.2, 0.25) is 0 Å². The Morgan fingerprint density at radius 2 is 2.15 bits per heavy atom. The molecule has 4 rings (SSSR count). The molecule has 2 fully saturated rings. The topological polar surface area (TPSA) is 106 Å². The van der Waals surface area contributed by atoms with Crippen molar-refractivity contribution in [1.29, 1.82) is 0 Å². The zero-order valence-corrected chi connectivity index (χ0v) is 16.9. The molecule has 1 aliphatic heterocycles. The number of hydrogen-bond acceptors (Lipinski definition) is 6. The number of nitrogens with zero attached hydrogens (tertiary/aromatic N) is 5. The minimum absolute atomic E-state index is 0.0628. The van der Waals surface area contributed by atoms with Crippen molar-refractivity contribution in [2.45, 2.75) is 25.8 Å². The minimum Gasteiger partial charge on any atom is -0.383 e. The van der Waals surface area contributed by atoms with Gasteiger partial charge in [0.25, 0.3) is 10.2 Å². The second-order valence-corrected chi connectivity index (χ2v) is 9.45. The summed E-state index contributed by atoms with van der Waals surface area (Å²) in [7, 11) is -2.18. The van der Waals surface area contributed by atoms with Gasteiger partial charge in [0.05, 0.1) is 6.61 Å². The number of ether oxygens (including phenoxy) is 1. The van der Waals surface area contributed by atoms with Crippen LogP contribution in [0.4, 0.5) is 5.82 Å². The van der Waals surface area contributed by atoms with Crippen LogP contribution in [0.3, 0.4) is 0 Å². The fourth-order valence-electron chi connectivity index (χ4n) is 4.40. The summed E-state index contributed by atoms with van der Waals surface area (Å²) >= 11 is 6.22. The normalized spacial score (nSPS) is 19.7. The molecular formula is C16H23ClN6O3S. The fraction of sp³-hybridized carbons (Fsp3) is 0.625. The average molecular weight is 415 g/mol. The molecule has 0 radical (unpaired) electrons. The molecule has 27 heavy (non-hydrogen) atoms. The minimum atomic E-state index is -3.73. The first-order valence-electron chi connectivity index (χ1n) is 8.76. The molecule has 0 aromatic carbocycles. The Morgan fingerprint density at radius 3 is 2.78 bits per heavy atom. The summed E-state index contributed by atoms with van der Waals surface area (Å²) in [6, 6.07) is 1.82. The van der Waals surface area contributed by atoms with Crippen molar-refractivity contribution in [3.63, 3.8) is 0 Å². The quantitative estimate of drug-likeness (QED) is 0.749. The van der Waals surface area contributed by atoms with Crippen LogP contribution < -0.4 is 10.0 Å². The first-order chi connectivity index (χ1) is 12.7. The summed E-state index contributed by atoms with van der Waals surface area (Å²) in [4.78, 5) is 6.65. The Labute approximate surface area is 163 Å². The monoisotopic (exact) mass is 414 g/mol. The fourth-order valence-corrected chi connectivity index (χ4v) is 5.59. The lowest BCUT2D eigenvalue weighted by atomic mass is 9.60. The standard InChI is InChI=1S/C16H23ClN6O3S/c1-11-5-13(17)23-14(11)15(19-10-20-23)21-8-16(9-21)6-12(7-16)22(3-4-26-2)27(18,24)25/h5,10,12H,3-4,6-9H2,1-2H3,(H2,18,24,25). The van der Waals surface area contributed by atoms with E-state index in [0.29, 0.717) is 11.8 Å². The molecule has 1 aliphatic carbocycles. The third-order valence-electron chi connectivity index (χ3n) is 5.62. The van der Waals surface area contributed by atoms with E-state index in [0.717, 1.165) is 42.8 Å². The summed E-state index contributed by atoms with van der Waals surface area (Å²) in [5.41, 5.74) is 2.06. The van der Waals surface area contributed by atoms with Gasteiger partial charge in [0.1, 0.15) is 17.0 Å². The van der Waals surface area contributed by atoms with Gasteiger partial charge in [-0.05, 0) is 31.4 Å². The van der Waals surface area contributed by atoms with Crippen molar-refractivity contribution in [3.8, 4) is 0 Å². The van der Waals surface area contributed by atoms with Crippen LogP contribution in [0.2, 0.25) is 5.15 Å². The van der Waals surface area contributed by atoms with Crippen molar-refractivity contribution in [1.82, 2.24) is 18.9 Å². The van der Waals surface area contributed by atoms with E-state index in [9.17, 15) is 8.42 Å². The molecule has 9 nitrogen and oxygen atoms in total. The molecule has 2 aromatic rings. The number of hydrogen-bond donors (Lipinski definition) is 1. The maximum Gasteiger partial charge on any atom is 0.277 e. The highest BCUT2D eigenvalue weighted by Crippen LogP contribution is 2.52. The highest BCUT2D eigenvalue weighted by Gasteiger charge is 2.55. The number of halogens is 1. The molecule has 0 amide bonds. The maximum atomic E-state index is 11.9. The van der Waals surface area contributed by atoms with Crippen LogP contribution in [-0.4, -0.2) is 66.7 Å². The Bertz CT molecular complexity index is 964. The first-order valence-corrected chi connectivity index (χ1v) is 10.6. The Balaban J connectivity index is 1.45. The van der Waals surface area contributed by atoms with E-state index in [1.807, 2.05) is 13.0 Å². The van der Waals surface area contributed by atoms with Crippen LogP contribution in [0.15, 0.2) is 12.4 Å². The lowest BCUT2D eigenvalue weighted by Gasteiger charge is -2.60. The van der Waals surface area contributed by atoms with Gasteiger partial charge in [-0.3, -0.25) is 0 Å². The van der Waals surface area contributed by atoms with Gasteiger partial charge in [-0.15, -0.1) is 0 Å².